The maximum absolute atomic E-state index is 12.8. The van der Waals surface area contributed by atoms with E-state index in [0.717, 1.165) is 4.68 Å². The first-order valence-electron chi connectivity index (χ1n) is 7.35. The van der Waals surface area contributed by atoms with Gasteiger partial charge >= 0.3 is 6.18 Å². The Hall–Kier alpha value is -2.62. The normalized spacial score (nSPS) is 11.5. The van der Waals surface area contributed by atoms with Gasteiger partial charge in [0, 0.05) is 24.2 Å². The second kappa shape index (κ2) is 7.32. The average molecular weight is 391 g/mol. The van der Waals surface area contributed by atoms with E-state index in [4.69, 9.17) is 11.6 Å². The lowest BCUT2D eigenvalue weighted by Gasteiger charge is -2.09. The molecular formula is C15H14ClF3N4O3. The van der Waals surface area contributed by atoms with Gasteiger partial charge in [0.15, 0.2) is 5.69 Å². The van der Waals surface area contributed by atoms with Crippen LogP contribution in [0.1, 0.15) is 23.4 Å². The fraction of sp³-hybridized carbons (Fsp3) is 0.333. The number of anilines is 1. The van der Waals surface area contributed by atoms with Gasteiger partial charge in [-0.1, -0.05) is 11.6 Å². The van der Waals surface area contributed by atoms with Gasteiger partial charge in [0.2, 0.25) is 5.91 Å². The summed E-state index contributed by atoms with van der Waals surface area (Å²) < 4.78 is 39.3. The summed E-state index contributed by atoms with van der Waals surface area (Å²) in [4.78, 5) is 22.2. The van der Waals surface area contributed by atoms with E-state index in [1.807, 2.05) is 0 Å². The molecule has 140 valence electrons. The first kappa shape index (κ1) is 19.7. The van der Waals surface area contributed by atoms with Crippen molar-refractivity contribution in [2.45, 2.75) is 33.0 Å². The molecule has 0 unspecified atom stereocenters. The number of carbonyl (C=O) groups is 1. The maximum atomic E-state index is 12.8. The first-order chi connectivity index (χ1) is 12.0. The van der Waals surface area contributed by atoms with E-state index >= 15 is 0 Å². The summed E-state index contributed by atoms with van der Waals surface area (Å²) in [5.41, 5.74) is -0.319. The molecule has 0 saturated carbocycles. The van der Waals surface area contributed by atoms with Crippen molar-refractivity contribution in [3.05, 3.63) is 50.3 Å². The molecular weight excluding hydrogens is 377 g/mol. The van der Waals surface area contributed by atoms with E-state index in [1.165, 1.54) is 25.1 Å². The second-order valence-corrected chi connectivity index (χ2v) is 5.90. The molecule has 26 heavy (non-hydrogen) atoms. The van der Waals surface area contributed by atoms with Crippen molar-refractivity contribution in [1.82, 2.24) is 9.78 Å². The SMILES string of the molecule is Cc1cc([N+](=O)[O-])ccc1NC(=O)CCn1nc(C(F)(F)F)c(Cl)c1C. The highest BCUT2D eigenvalue weighted by Crippen LogP contribution is 2.35. The van der Waals surface area contributed by atoms with Crippen LogP contribution in [0.15, 0.2) is 18.2 Å². The first-order valence-corrected chi connectivity index (χ1v) is 7.73. The molecule has 0 bridgehead atoms. The fourth-order valence-electron chi connectivity index (χ4n) is 2.24. The molecule has 0 atom stereocenters. The monoisotopic (exact) mass is 390 g/mol. The zero-order valence-electron chi connectivity index (χ0n) is 13.7. The molecule has 2 aromatic rings. The molecule has 7 nitrogen and oxygen atoms in total. The summed E-state index contributed by atoms with van der Waals surface area (Å²) in [7, 11) is 0. The number of nitro benzene ring substituents is 1. The van der Waals surface area contributed by atoms with Gasteiger partial charge in [0.1, 0.15) is 0 Å². The Balaban J connectivity index is 2.05. The van der Waals surface area contributed by atoms with Crippen LogP contribution in [0.4, 0.5) is 24.5 Å². The lowest BCUT2D eigenvalue weighted by molar-refractivity contribution is -0.384. The number of halogens is 4. The second-order valence-electron chi connectivity index (χ2n) is 5.52. The largest absolute Gasteiger partial charge is 0.436 e. The van der Waals surface area contributed by atoms with Crippen LogP contribution in [0.5, 0.6) is 0 Å². The number of nitro groups is 1. The van der Waals surface area contributed by atoms with Crippen LogP contribution in [0.3, 0.4) is 0 Å². The zero-order valence-corrected chi connectivity index (χ0v) is 14.5. The van der Waals surface area contributed by atoms with E-state index in [0.29, 0.717) is 11.3 Å². The van der Waals surface area contributed by atoms with Gasteiger partial charge in [-0.05, 0) is 25.5 Å². The quantitative estimate of drug-likeness (QED) is 0.614. The van der Waals surface area contributed by atoms with Crippen molar-refractivity contribution in [3.63, 3.8) is 0 Å². The number of non-ortho nitro benzene ring substituents is 1. The third-order valence-corrected chi connectivity index (χ3v) is 4.10. The van der Waals surface area contributed by atoms with Crippen molar-refractivity contribution in [3.8, 4) is 0 Å². The van der Waals surface area contributed by atoms with Crippen molar-refractivity contribution in [2.24, 2.45) is 0 Å². The number of aryl methyl sites for hydroxylation is 2. The number of alkyl halides is 3. The third-order valence-electron chi connectivity index (χ3n) is 3.65. The molecule has 11 heteroatoms. The van der Waals surface area contributed by atoms with Gasteiger partial charge in [0.05, 0.1) is 22.2 Å². The molecule has 1 heterocycles. The Kier molecular flexibility index (Phi) is 5.55. The minimum absolute atomic E-state index is 0.0977. The number of rotatable bonds is 5. The van der Waals surface area contributed by atoms with Crippen LogP contribution in [0.2, 0.25) is 5.02 Å². The Morgan fingerprint density at radius 2 is 2.04 bits per heavy atom. The molecule has 0 spiro atoms. The summed E-state index contributed by atoms with van der Waals surface area (Å²) in [6.07, 6.45) is -4.82. The van der Waals surface area contributed by atoms with Crippen molar-refractivity contribution < 1.29 is 22.9 Å². The number of hydrogen-bond donors (Lipinski definition) is 1. The Morgan fingerprint density at radius 3 is 2.54 bits per heavy atom. The van der Waals surface area contributed by atoms with Crippen LogP contribution in [-0.2, 0) is 17.5 Å². The highest BCUT2D eigenvalue weighted by atomic mass is 35.5. The van der Waals surface area contributed by atoms with Crippen LogP contribution in [0, 0.1) is 24.0 Å². The molecule has 0 aliphatic rings. The highest BCUT2D eigenvalue weighted by molar-refractivity contribution is 6.31. The Morgan fingerprint density at radius 1 is 1.38 bits per heavy atom. The van der Waals surface area contributed by atoms with Gasteiger partial charge in [-0.25, -0.2) is 0 Å². The minimum atomic E-state index is -4.68. The Bertz CT molecular complexity index is 865. The minimum Gasteiger partial charge on any atom is -0.326 e. The number of benzene rings is 1. The number of nitrogens with zero attached hydrogens (tertiary/aromatic N) is 3. The molecule has 0 fully saturated rings. The van der Waals surface area contributed by atoms with Crippen LogP contribution in [-0.4, -0.2) is 20.6 Å². The molecule has 1 amide bonds. The van der Waals surface area contributed by atoms with Crippen molar-refractivity contribution >= 4 is 28.9 Å². The molecule has 2 rings (SSSR count). The maximum Gasteiger partial charge on any atom is 0.436 e. The van der Waals surface area contributed by atoms with E-state index in [9.17, 15) is 28.1 Å². The van der Waals surface area contributed by atoms with Gasteiger partial charge in [-0.3, -0.25) is 19.6 Å². The van der Waals surface area contributed by atoms with Gasteiger partial charge in [0.25, 0.3) is 5.69 Å². The van der Waals surface area contributed by atoms with Gasteiger partial charge in [-0.2, -0.15) is 18.3 Å². The Labute approximate surface area is 150 Å². The van der Waals surface area contributed by atoms with E-state index in [-0.39, 0.29) is 24.3 Å². The number of amides is 1. The number of aromatic nitrogens is 2. The smallest absolute Gasteiger partial charge is 0.326 e. The zero-order chi connectivity index (χ0) is 19.6. The van der Waals surface area contributed by atoms with Crippen LogP contribution in [0.25, 0.3) is 0 Å². The third kappa shape index (κ3) is 4.31. The number of hydrogen-bond acceptors (Lipinski definition) is 4. The summed E-state index contributed by atoms with van der Waals surface area (Å²) >= 11 is 5.65. The van der Waals surface area contributed by atoms with Crippen molar-refractivity contribution in [2.75, 3.05) is 5.32 Å². The van der Waals surface area contributed by atoms with Crippen LogP contribution >= 0.6 is 11.6 Å². The lowest BCUT2D eigenvalue weighted by Crippen LogP contribution is -2.16. The van der Waals surface area contributed by atoms with Crippen LogP contribution < -0.4 is 5.32 Å². The molecule has 0 aliphatic heterocycles. The standard InChI is InChI=1S/C15H14ClF3N4O3/c1-8-7-10(23(25)26)3-4-11(8)20-12(24)5-6-22-9(2)13(16)14(21-22)15(17,18)19/h3-4,7H,5-6H2,1-2H3,(H,20,24). The summed E-state index contributed by atoms with van der Waals surface area (Å²) in [5, 5.41) is 16.2. The fourth-order valence-corrected chi connectivity index (χ4v) is 2.49. The summed E-state index contributed by atoms with van der Waals surface area (Å²) in [6.45, 7) is 2.87. The number of carbonyl (C=O) groups excluding carboxylic acids is 1. The average Bonchev–Trinajstić information content (AvgIpc) is 2.82. The molecule has 1 aromatic heterocycles. The predicted octanol–water partition coefficient (Wildman–Crippen LogP) is 4.11. The molecule has 0 saturated heterocycles. The predicted molar refractivity (Wildman–Crippen MR) is 88.1 cm³/mol. The van der Waals surface area contributed by atoms with Gasteiger partial charge in [-0.15, -0.1) is 0 Å². The lowest BCUT2D eigenvalue weighted by atomic mass is 10.1. The molecule has 0 aliphatic carbocycles. The van der Waals surface area contributed by atoms with E-state index in [2.05, 4.69) is 10.4 Å². The van der Waals surface area contributed by atoms with E-state index < -0.39 is 27.7 Å². The molecule has 1 N–H and O–H groups in total. The van der Waals surface area contributed by atoms with Crippen molar-refractivity contribution in [1.29, 1.82) is 0 Å². The topological polar surface area (TPSA) is 90.1 Å². The van der Waals surface area contributed by atoms with E-state index in [1.54, 1.807) is 6.92 Å². The van der Waals surface area contributed by atoms with Gasteiger partial charge < -0.3 is 5.32 Å². The summed E-state index contributed by atoms with van der Waals surface area (Å²) in [6, 6.07) is 3.95. The molecule has 0 radical (unpaired) electrons. The number of nitrogens with one attached hydrogen (secondary N) is 1. The highest BCUT2D eigenvalue weighted by Gasteiger charge is 2.38. The summed E-state index contributed by atoms with van der Waals surface area (Å²) in [5.74, 6) is -0.471. The molecule has 1 aromatic carbocycles.